The molecule has 0 saturated carbocycles. The third kappa shape index (κ3) is 6.45. The lowest BCUT2D eigenvalue weighted by atomic mass is 10.1. The van der Waals surface area contributed by atoms with Crippen LogP contribution in [0, 0.1) is 0 Å². The summed E-state index contributed by atoms with van der Waals surface area (Å²) in [6.07, 6.45) is 4.33. The number of amides is 2. The van der Waals surface area contributed by atoms with Gasteiger partial charge in [-0.1, -0.05) is 23.7 Å². The Morgan fingerprint density at radius 3 is 2.45 bits per heavy atom. The Hall–Kier alpha value is -2.57. The second kappa shape index (κ2) is 11.2. The van der Waals surface area contributed by atoms with Crippen LogP contribution in [0.25, 0.3) is 0 Å². The maximum Gasteiger partial charge on any atom is 0.257 e. The molecular weight excluding hydrogens is 412 g/mol. The largest absolute Gasteiger partial charge is 0.371 e. The Balaban J connectivity index is 1.79. The Morgan fingerprint density at radius 2 is 1.74 bits per heavy atom. The number of halogens is 1. The lowest BCUT2D eigenvalue weighted by Crippen LogP contribution is -2.33. The van der Waals surface area contributed by atoms with E-state index in [1.165, 1.54) is 6.42 Å². The highest BCUT2D eigenvalue weighted by Gasteiger charge is 2.20. The zero-order chi connectivity index (χ0) is 22.2. The van der Waals surface area contributed by atoms with Crippen molar-refractivity contribution < 1.29 is 9.59 Å². The van der Waals surface area contributed by atoms with Gasteiger partial charge in [-0.25, -0.2) is 0 Å². The second-order valence-electron chi connectivity index (χ2n) is 8.13. The van der Waals surface area contributed by atoms with E-state index in [1.54, 1.807) is 30.3 Å². The van der Waals surface area contributed by atoms with Gasteiger partial charge in [0.05, 0.1) is 16.1 Å². The molecule has 1 fully saturated rings. The molecular formula is C24H31ClN4O2. The zero-order valence-corrected chi connectivity index (χ0v) is 19.0. The van der Waals surface area contributed by atoms with E-state index in [9.17, 15) is 9.59 Å². The number of nitrogens with one attached hydrogen (secondary N) is 2. The molecule has 166 valence electrons. The molecule has 31 heavy (non-hydrogen) atoms. The van der Waals surface area contributed by atoms with Crippen LogP contribution in [0.4, 0.5) is 11.4 Å². The first kappa shape index (κ1) is 23.1. The van der Waals surface area contributed by atoms with Crippen LogP contribution in [0.3, 0.4) is 0 Å². The number of nitrogens with zero attached hydrogens (tertiary/aromatic N) is 2. The summed E-state index contributed by atoms with van der Waals surface area (Å²) in [4.78, 5) is 30.1. The van der Waals surface area contributed by atoms with Gasteiger partial charge in [-0.3, -0.25) is 9.59 Å². The Bertz CT molecular complexity index is 910. The van der Waals surface area contributed by atoms with Crippen LogP contribution in [-0.4, -0.2) is 57.0 Å². The summed E-state index contributed by atoms with van der Waals surface area (Å²) in [5, 5.41) is 6.30. The molecule has 3 rings (SSSR count). The van der Waals surface area contributed by atoms with Crippen LogP contribution < -0.4 is 15.5 Å². The van der Waals surface area contributed by atoms with Crippen molar-refractivity contribution >= 4 is 34.8 Å². The van der Waals surface area contributed by atoms with Crippen LogP contribution in [0.5, 0.6) is 0 Å². The summed E-state index contributed by atoms with van der Waals surface area (Å²) in [5.41, 5.74) is 2.48. The van der Waals surface area contributed by atoms with E-state index in [1.807, 2.05) is 26.2 Å². The topological polar surface area (TPSA) is 64.7 Å². The van der Waals surface area contributed by atoms with Crippen LogP contribution in [0.15, 0.2) is 42.5 Å². The highest BCUT2D eigenvalue weighted by Crippen LogP contribution is 2.28. The van der Waals surface area contributed by atoms with E-state index in [2.05, 4.69) is 20.4 Å². The van der Waals surface area contributed by atoms with Crippen molar-refractivity contribution in [2.45, 2.75) is 25.7 Å². The second-order valence-corrected chi connectivity index (χ2v) is 8.53. The van der Waals surface area contributed by atoms with Crippen molar-refractivity contribution in [1.82, 2.24) is 10.2 Å². The van der Waals surface area contributed by atoms with Crippen molar-refractivity contribution in [3.8, 4) is 0 Å². The molecule has 2 aromatic rings. The predicted molar refractivity (Wildman–Crippen MR) is 127 cm³/mol. The number of hydrogen-bond acceptors (Lipinski definition) is 4. The van der Waals surface area contributed by atoms with Gasteiger partial charge in [-0.05, 0) is 76.7 Å². The monoisotopic (exact) mass is 442 g/mol. The Labute approximate surface area is 189 Å². The minimum atomic E-state index is -0.298. The van der Waals surface area contributed by atoms with Gasteiger partial charge in [0.1, 0.15) is 0 Å². The first-order chi connectivity index (χ1) is 15.0. The molecule has 2 amide bonds. The highest BCUT2D eigenvalue weighted by molar-refractivity contribution is 6.34. The maximum atomic E-state index is 13.0. The van der Waals surface area contributed by atoms with Gasteiger partial charge in [0.25, 0.3) is 11.8 Å². The van der Waals surface area contributed by atoms with Crippen LogP contribution >= 0.6 is 11.6 Å². The number of hydrogen-bond donors (Lipinski definition) is 2. The minimum Gasteiger partial charge on any atom is -0.371 e. The zero-order valence-electron chi connectivity index (χ0n) is 18.3. The van der Waals surface area contributed by atoms with E-state index < -0.39 is 0 Å². The molecule has 1 aliphatic rings. The van der Waals surface area contributed by atoms with Crippen LogP contribution in [0.2, 0.25) is 5.02 Å². The number of piperidine rings is 1. The van der Waals surface area contributed by atoms with Gasteiger partial charge < -0.3 is 20.4 Å². The van der Waals surface area contributed by atoms with Crippen molar-refractivity contribution in [1.29, 1.82) is 0 Å². The van der Waals surface area contributed by atoms with E-state index in [0.29, 0.717) is 28.4 Å². The summed E-state index contributed by atoms with van der Waals surface area (Å²) in [7, 11) is 4.03. The number of carbonyl (C=O) groups excluding carboxylic acids is 2. The molecule has 0 aromatic heterocycles. The van der Waals surface area contributed by atoms with E-state index in [0.717, 1.165) is 44.6 Å². The average Bonchev–Trinajstić information content (AvgIpc) is 2.77. The number of benzene rings is 2. The van der Waals surface area contributed by atoms with Gasteiger partial charge in [0.15, 0.2) is 0 Å². The van der Waals surface area contributed by atoms with Gasteiger partial charge in [-0.15, -0.1) is 0 Å². The Morgan fingerprint density at radius 1 is 1.00 bits per heavy atom. The highest BCUT2D eigenvalue weighted by atomic mass is 35.5. The molecule has 0 bridgehead atoms. The fraction of sp³-hybridized carbons (Fsp3) is 0.417. The average molecular weight is 443 g/mol. The third-order valence-corrected chi connectivity index (χ3v) is 5.71. The smallest absolute Gasteiger partial charge is 0.257 e. The molecule has 1 saturated heterocycles. The number of rotatable bonds is 8. The van der Waals surface area contributed by atoms with E-state index >= 15 is 0 Å². The van der Waals surface area contributed by atoms with Crippen molar-refractivity contribution in [3.63, 3.8) is 0 Å². The van der Waals surface area contributed by atoms with E-state index in [-0.39, 0.29) is 11.8 Å². The molecule has 2 aromatic carbocycles. The summed E-state index contributed by atoms with van der Waals surface area (Å²) in [6.45, 7) is 3.39. The Kier molecular flexibility index (Phi) is 8.32. The van der Waals surface area contributed by atoms with Gasteiger partial charge >= 0.3 is 0 Å². The maximum absolute atomic E-state index is 13.0. The molecule has 2 N–H and O–H groups in total. The SMILES string of the molecule is CN(C)CCCNC(=O)c1cc(NC(=O)c2ccccc2Cl)ccc1N1CCCCC1. The predicted octanol–water partition coefficient (Wildman–Crippen LogP) is 4.26. The minimum absolute atomic E-state index is 0.117. The first-order valence-corrected chi connectivity index (χ1v) is 11.2. The van der Waals surface area contributed by atoms with Gasteiger partial charge in [-0.2, -0.15) is 0 Å². The standard InChI is InChI=1S/C24H31ClN4O2/c1-28(2)14-8-13-26-23(30)20-17-18(11-12-22(20)29-15-6-3-7-16-29)27-24(31)19-9-4-5-10-21(19)25/h4-5,9-12,17H,3,6-8,13-16H2,1-2H3,(H,26,30)(H,27,31). The molecule has 1 aliphatic heterocycles. The number of anilines is 2. The molecule has 6 nitrogen and oxygen atoms in total. The van der Waals surface area contributed by atoms with Gasteiger partial charge in [0.2, 0.25) is 0 Å². The number of carbonyl (C=O) groups is 2. The molecule has 7 heteroatoms. The molecule has 0 atom stereocenters. The lowest BCUT2D eigenvalue weighted by Gasteiger charge is -2.30. The fourth-order valence-corrected chi connectivity index (χ4v) is 3.96. The molecule has 1 heterocycles. The first-order valence-electron chi connectivity index (χ1n) is 10.8. The molecule has 0 spiro atoms. The van der Waals surface area contributed by atoms with Crippen LogP contribution in [-0.2, 0) is 0 Å². The van der Waals surface area contributed by atoms with Gasteiger partial charge in [0, 0.05) is 31.0 Å². The summed E-state index contributed by atoms with van der Waals surface area (Å²) in [6, 6.07) is 12.5. The third-order valence-electron chi connectivity index (χ3n) is 5.38. The fourth-order valence-electron chi connectivity index (χ4n) is 3.74. The van der Waals surface area contributed by atoms with Crippen molar-refractivity contribution in [2.24, 2.45) is 0 Å². The summed E-state index contributed by atoms with van der Waals surface area (Å²) >= 11 is 6.15. The lowest BCUT2D eigenvalue weighted by molar-refractivity contribution is 0.0951. The van der Waals surface area contributed by atoms with Crippen molar-refractivity contribution in [2.75, 3.05) is 50.5 Å². The molecule has 0 radical (unpaired) electrons. The van der Waals surface area contributed by atoms with Crippen LogP contribution in [0.1, 0.15) is 46.4 Å². The normalized spacial score (nSPS) is 13.9. The summed E-state index contributed by atoms with van der Waals surface area (Å²) < 4.78 is 0. The van der Waals surface area contributed by atoms with Crippen molar-refractivity contribution in [3.05, 3.63) is 58.6 Å². The summed E-state index contributed by atoms with van der Waals surface area (Å²) in [5.74, 6) is -0.415. The molecule has 0 unspecified atom stereocenters. The molecule has 0 aliphatic carbocycles. The quantitative estimate of drug-likeness (QED) is 0.599. The van der Waals surface area contributed by atoms with E-state index in [4.69, 9.17) is 11.6 Å².